The second-order valence-electron chi connectivity index (χ2n) is 5.95. The van der Waals surface area contributed by atoms with Crippen LogP contribution in [0, 0.1) is 5.41 Å². The van der Waals surface area contributed by atoms with Crippen molar-refractivity contribution < 1.29 is 0 Å². The Labute approximate surface area is 103 Å². The average molecular weight is 242 g/mol. The molecule has 1 atom stereocenters. The Morgan fingerprint density at radius 3 is 2.00 bits per heavy atom. The van der Waals surface area contributed by atoms with Gasteiger partial charge in [-0.2, -0.15) is 0 Å². The summed E-state index contributed by atoms with van der Waals surface area (Å²) in [6.45, 7) is 13.9. The first kappa shape index (κ1) is 14.1. The predicted octanol–water partition coefficient (Wildman–Crippen LogP) is 3.53. The normalized spacial score (nSPS) is 21.2. The first-order valence-electron chi connectivity index (χ1n) is 6.34. The molecule has 0 amide bonds. The van der Waals surface area contributed by atoms with Crippen molar-refractivity contribution in [3.63, 3.8) is 0 Å². The summed E-state index contributed by atoms with van der Waals surface area (Å²) in [4.78, 5) is 2.63. The second-order valence-corrected chi connectivity index (χ2v) is 6.20. The van der Waals surface area contributed by atoms with Crippen LogP contribution in [0.4, 0.5) is 0 Å². The van der Waals surface area contributed by atoms with Crippen LogP contribution in [0.2, 0.25) is 0 Å². The average Bonchev–Trinajstić information content (AvgIpc) is 2.28. The molecule has 2 nitrogen and oxygen atoms in total. The number of hydrogen-bond acceptors (Lipinski definition) is 2. The Balaban J connectivity index is 2.89. The molecule has 94 valence electrons. The molecule has 0 saturated carbocycles. The number of hydrogen-bond donors (Lipinski definition) is 0. The molecule has 1 aliphatic heterocycles. The lowest BCUT2D eigenvalue weighted by molar-refractivity contribution is 0.0326. The molecule has 0 aliphatic carbocycles. The minimum absolute atomic E-state index is 0.117. The molecule has 0 aromatic heterocycles. The lowest BCUT2D eigenvalue weighted by Crippen LogP contribution is -2.57. The number of piperidine rings is 1. The Hall–Kier alpha value is 0.0600. The molecular formula is C13H27N2P. The van der Waals surface area contributed by atoms with E-state index in [9.17, 15) is 0 Å². The molecule has 0 aromatic carbocycles. The van der Waals surface area contributed by atoms with Crippen LogP contribution in [0.15, 0.2) is 4.76 Å². The van der Waals surface area contributed by atoms with E-state index in [1.165, 1.54) is 38.1 Å². The van der Waals surface area contributed by atoms with Gasteiger partial charge in [-0.1, -0.05) is 20.3 Å². The third-order valence-corrected chi connectivity index (χ3v) is 5.16. The summed E-state index contributed by atoms with van der Waals surface area (Å²) >= 11 is 0. The number of nitrogens with zero attached hydrogens (tertiary/aromatic N) is 2. The van der Waals surface area contributed by atoms with Gasteiger partial charge in [0.15, 0.2) is 0 Å². The van der Waals surface area contributed by atoms with Crippen molar-refractivity contribution in [3.05, 3.63) is 0 Å². The van der Waals surface area contributed by atoms with Gasteiger partial charge in [0.1, 0.15) is 0 Å². The van der Waals surface area contributed by atoms with Gasteiger partial charge in [-0.3, -0.25) is 9.66 Å². The zero-order valence-corrected chi connectivity index (χ0v) is 12.7. The maximum absolute atomic E-state index is 4.33. The highest BCUT2D eigenvalue weighted by molar-refractivity contribution is 7.15. The summed E-state index contributed by atoms with van der Waals surface area (Å²) in [5.41, 5.74) is 1.51. The maximum Gasteiger partial charge on any atom is 0.0256 e. The second kappa shape index (κ2) is 5.14. The lowest BCUT2D eigenvalue weighted by Gasteiger charge is -2.50. The highest BCUT2D eigenvalue weighted by Gasteiger charge is 2.43. The molecule has 0 bridgehead atoms. The highest BCUT2D eigenvalue weighted by Crippen LogP contribution is 2.38. The van der Waals surface area contributed by atoms with Crippen molar-refractivity contribution in [2.75, 3.05) is 13.1 Å². The van der Waals surface area contributed by atoms with Crippen LogP contribution < -0.4 is 0 Å². The zero-order chi connectivity index (χ0) is 12.4. The van der Waals surface area contributed by atoms with E-state index in [1.54, 1.807) is 0 Å². The van der Waals surface area contributed by atoms with Crippen molar-refractivity contribution in [3.8, 4) is 0 Å². The molecule has 0 N–H and O–H groups in total. The molecule has 3 heteroatoms. The van der Waals surface area contributed by atoms with Crippen LogP contribution >= 0.6 is 9.39 Å². The van der Waals surface area contributed by atoms with Crippen molar-refractivity contribution in [2.24, 2.45) is 10.2 Å². The van der Waals surface area contributed by atoms with Gasteiger partial charge in [-0.15, -0.1) is 0 Å². The summed E-state index contributed by atoms with van der Waals surface area (Å²) < 4.78 is 4.33. The predicted molar refractivity (Wildman–Crippen MR) is 76.1 cm³/mol. The minimum atomic E-state index is 0.117. The summed E-state index contributed by atoms with van der Waals surface area (Å²) in [6, 6.07) is 0. The van der Waals surface area contributed by atoms with Crippen molar-refractivity contribution in [2.45, 2.75) is 59.4 Å². The van der Waals surface area contributed by atoms with Crippen LogP contribution in [0.1, 0.15) is 53.9 Å². The van der Waals surface area contributed by atoms with Gasteiger partial charge in [-0.25, -0.2) is 0 Å². The molecule has 0 spiro atoms. The maximum atomic E-state index is 4.33. The van der Waals surface area contributed by atoms with E-state index in [0.29, 0.717) is 0 Å². The SMILES string of the molecule is C/C(=N\P)C(C)(C)C(C)(C)N1CCCCC1. The monoisotopic (exact) mass is 242 g/mol. The van der Waals surface area contributed by atoms with E-state index in [2.05, 4.69) is 53.7 Å². The topological polar surface area (TPSA) is 15.6 Å². The van der Waals surface area contributed by atoms with Gasteiger partial charge >= 0.3 is 0 Å². The first-order chi connectivity index (χ1) is 7.34. The summed E-state index contributed by atoms with van der Waals surface area (Å²) in [5.74, 6) is 0. The van der Waals surface area contributed by atoms with Crippen LogP contribution in [-0.2, 0) is 0 Å². The Morgan fingerprint density at radius 2 is 1.56 bits per heavy atom. The largest absolute Gasteiger partial charge is 0.297 e. The van der Waals surface area contributed by atoms with Gasteiger partial charge in [0, 0.05) is 16.7 Å². The summed E-state index contributed by atoms with van der Waals surface area (Å²) in [5, 5.41) is 0. The molecule has 16 heavy (non-hydrogen) atoms. The Bertz CT molecular complexity index is 263. The molecule has 1 saturated heterocycles. The summed E-state index contributed by atoms with van der Waals surface area (Å²) in [7, 11) is 2.50. The summed E-state index contributed by atoms with van der Waals surface area (Å²) in [6.07, 6.45) is 4.08. The molecule has 0 aromatic rings. The van der Waals surface area contributed by atoms with Gasteiger partial charge in [0.25, 0.3) is 0 Å². The minimum Gasteiger partial charge on any atom is -0.297 e. The van der Waals surface area contributed by atoms with Gasteiger partial charge < -0.3 is 0 Å². The number of likely N-dealkylation sites (tertiary alicyclic amines) is 1. The van der Waals surface area contributed by atoms with E-state index in [0.717, 1.165) is 0 Å². The molecule has 1 fully saturated rings. The van der Waals surface area contributed by atoms with Crippen LogP contribution in [0.5, 0.6) is 0 Å². The third kappa shape index (κ3) is 2.49. The van der Waals surface area contributed by atoms with E-state index in [-0.39, 0.29) is 11.0 Å². The van der Waals surface area contributed by atoms with Crippen LogP contribution in [0.25, 0.3) is 0 Å². The van der Waals surface area contributed by atoms with Crippen LogP contribution in [0.3, 0.4) is 0 Å². The quantitative estimate of drug-likeness (QED) is 0.546. The van der Waals surface area contributed by atoms with E-state index >= 15 is 0 Å². The number of rotatable bonds is 3. The molecule has 1 unspecified atom stereocenters. The third-order valence-electron chi connectivity index (χ3n) is 4.77. The molecule has 1 aliphatic rings. The Kier molecular flexibility index (Phi) is 4.54. The molecule has 1 rings (SSSR count). The fourth-order valence-corrected chi connectivity index (χ4v) is 2.78. The highest BCUT2D eigenvalue weighted by atomic mass is 31.0. The fraction of sp³-hybridized carbons (Fsp3) is 0.923. The standard InChI is InChI=1S/C13H27N2P/c1-11(14-16)12(2,3)13(4,5)15-9-7-6-8-10-15/h6-10,16H2,1-5H3/b14-11+. The van der Waals surface area contributed by atoms with E-state index in [4.69, 9.17) is 0 Å². The van der Waals surface area contributed by atoms with Gasteiger partial charge in [-0.05, 0) is 56.1 Å². The van der Waals surface area contributed by atoms with Crippen LogP contribution in [-0.4, -0.2) is 29.2 Å². The lowest BCUT2D eigenvalue weighted by atomic mass is 9.70. The molecule has 0 radical (unpaired) electrons. The van der Waals surface area contributed by atoms with E-state index in [1.807, 2.05) is 0 Å². The van der Waals surface area contributed by atoms with Gasteiger partial charge in [0.05, 0.1) is 0 Å². The van der Waals surface area contributed by atoms with Crippen molar-refractivity contribution >= 4 is 15.1 Å². The molecule has 1 heterocycles. The van der Waals surface area contributed by atoms with Crippen molar-refractivity contribution in [1.29, 1.82) is 0 Å². The fourth-order valence-electron chi connectivity index (χ4n) is 2.45. The van der Waals surface area contributed by atoms with E-state index < -0.39 is 0 Å². The first-order valence-corrected chi connectivity index (χ1v) is 6.85. The molecular weight excluding hydrogens is 215 g/mol. The zero-order valence-electron chi connectivity index (χ0n) is 11.5. The smallest absolute Gasteiger partial charge is 0.0256 e. The van der Waals surface area contributed by atoms with Crippen molar-refractivity contribution in [1.82, 2.24) is 4.90 Å². The Morgan fingerprint density at radius 1 is 1.06 bits per heavy atom. The van der Waals surface area contributed by atoms with Gasteiger partial charge in [0.2, 0.25) is 0 Å².